The molecule has 1 aromatic rings. The molecular weight excluding hydrogens is 303 g/mol. The van der Waals surface area contributed by atoms with Crippen LogP contribution in [0.2, 0.25) is 5.02 Å². The van der Waals surface area contributed by atoms with Gasteiger partial charge in [0.15, 0.2) is 0 Å². The van der Waals surface area contributed by atoms with E-state index in [1.807, 2.05) is 30.0 Å². The third-order valence-electron chi connectivity index (χ3n) is 3.61. The van der Waals surface area contributed by atoms with E-state index in [9.17, 15) is 13.2 Å². The molecular formula is C14H19ClF3N3. The molecule has 2 rings (SSSR count). The van der Waals surface area contributed by atoms with Crippen LogP contribution in [0.5, 0.6) is 0 Å². The van der Waals surface area contributed by atoms with Crippen LogP contribution in [0, 0.1) is 0 Å². The Balaban J connectivity index is 1.99. The lowest BCUT2D eigenvalue weighted by Gasteiger charge is -2.36. The molecule has 0 radical (unpaired) electrons. The van der Waals surface area contributed by atoms with Gasteiger partial charge in [-0.05, 0) is 24.6 Å². The molecule has 118 valence electrons. The summed E-state index contributed by atoms with van der Waals surface area (Å²) < 4.78 is 37.1. The van der Waals surface area contributed by atoms with Gasteiger partial charge < -0.3 is 10.6 Å². The molecule has 21 heavy (non-hydrogen) atoms. The number of nitrogens with two attached hydrogens (primary N) is 1. The van der Waals surface area contributed by atoms with Crippen LogP contribution < -0.4 is 10.6 Å². The summed E-state index contributed by atoms with van der Waals surface area (Å²) in [4.78, 5) is 3.43. The van der Waals surface area contributed by atoms with Gasteiger partial charge in [0, 0.05) is 32.2 Å². The van der Waals surface area contributed by atoms with Crippen molar-refractivity contribution in [3.8, 4) is 0 Å². The predicted octanol–water partition coefficient (Wildman–Crippen LogP) is 3.04. The van der Waals surface area contributed by atoms with E-state index in [2.05, 4.69) is 0 Å². The first-order chi connectivity index (χ1) is 9.76. The van der Waals surface area contributed by atoms with Gasteiger partial charge in [0.05, 0.1) is 17.3 Å². The standard InChI is InChI=1S/C14H19ClF3N3/c1-10(19)11-2-3-13(12(15)8-11)21-6-4-20(5-7-21)9-14(16,17)18/h2-3,8,10H,4-7,9,19H2,1H3. The molecule has 2 N–H and O–H groups in total. The van der Waals surface area contributed by atoms with Crippen LogP contribution in [-0.2, 0) is 0 Å². The van der Waals surface area contributed by atoms with Crippen LogP contribution in [0.4, 0.5) is 18.9 Å². The Morgan fingerprint density at radius 3 is 2.33 bits per heavy atom. The first kappa shape index (κ1) is 16.4. The summed E-state index contributed by atoms with van der Waals surface area (Å²) in [6, 6.07) is 5.53. The maximum absolute atomic E-state index is 12.4. The third kappa shape index (κ3) is 4.49. The van der Waals surface area contributed by atoms with Crippen LogP contribution in [-0.4, -0.2) is 43.8 Å². The second-order valence-electron chi connectivity index (χ2n) is 5.38. The van der Waals surface area contributed by atoms with Gasteiger partial charge in [0.25, 0.3) is 0 Å². The molecule has 0 bridgehead atoms. The molecule has 0 aliphatic carbocycles. The Morgan fingerprint density at radius 2 is 1.86 bits per heavy atom. The van der Waals surface area contributed by atoms with Crippen molar-refractivity contribution in [3.63, 3.8) is 0 Å². The van der Waals surface area contributed by atoms with Gasteiger partial charge in [0.2, 0.25) is 0 Å². The van der Waals surface area contributed by atoms with Crippen molar-refractivity contribution < 1.29 is 13.2 Å². The molecule has 1 atom stereocenters. The largest absolute Gasteiger partial charge is 0.401 e. The molecule has 0 amide bonds. The van der Waals surface area contributed by atoms with Crippen molar-refractivity contribution in [2.45, 2.75) is 19.1 Å². The van der Waals surface area contributed by atoms with Gasteiger partial charge in [-0.25, -0.2) is 0 Å². The number of anilines is 1. The third-order valence-corrected chi connectivity index (χ3v) is 3.92. The van der Waals surface area contributed by atoms with E-state index >= 15 is 0 Å². The summed E-state index contributed by atoms with van der Waals surface area (Å²) in [5, 5.41) is 0.592. The van der Waals surface area contributed by atoms with Gasteiger partial charge in [-0.1, -0.05) is 17.7 Å². The lowest BCUT2D eigenvalue weighted by Crippen LogP contribution is -2.49. The second kappa shape index (κ2) is 6.42. The summed E-state index contributed by atoms with van der Waals surface area (Å²) in [6.07, 6.45) is -4.14. The molecule has 0 spiro atoms. The average Bonchev–Trinajstić information content (AvgIpc) is 2.38. The second-order valence-corrected chi connectivity index (χ2v) is 5.79. The van der Waals surface area contributed by atoms with E-state index in [1.165, 1.54) is 4.90 Å². The van der Waals surface area contributed by atoms with E-state index in [1.54, 1.807) is 0 Å². The number of hydrogen-bond acceptors (Lipinski definition) is 3. The van der Waals surface area contributed by atoms with Gasteiger partial charge >= 0.3 is 6.18 Å². The topological polar surface area (TPSA) is 32.5 Å². The quantitative estimate of drug-likeness (QED) is 0.928. The minimum atomic E-state index is -4.14. The number of nitrogens with zero attached hydrogens (tertiary/aromatic N) is 2. The molecule has 0 saturated carbocycles. The highest BCUT2D eigenvalue weighted by atomic mass is 35.5. The van der Waals surface area contributed by atoms with E-state index < -0.39 is 12.7 Å². The molecule has 1 aromatic carbocycles. The zero-order chi connectivity index (χ0) is 15.6. The Bertz CT molecular complexity index is 483. The van der Waals surface area contributed by atoms with E-state index in [0.717, 1.165) is 11.3 Å². The molecule has 1 heterocycles. The highest BCUT2D eigenvalue weighted by Gasteiger charge is 2.32. The van der Waals surface area contributed by atoms with Gasteiger partial charge in [-0.3, -0.25) is 4.90 Å². The van der Waals surface area contributed by atoms with Crippen molar-refractivity contribution in [3.05, 3.63) is 28.8 Å². The molecule has 3 nitrogen and oxygen atoms in total. The molecule has 1 aliphatic heterocycles. The van der Waals surface area contributed by atoms with Crippen molar-refractivity contribution in [2.75, 3.05) is 37.6 Å². The highest BCUT2D eigenvalue weighted by molar-refractivity contribution is 6.33. The van der Waals surface area contributed by atoms with Crippen molar-refractivity contribution in [1.29, 1.82) is 0 Å². The summed E-state index contributed by atoms with van der Waals surface area (Å²) in [5.74, 6) is 0. The van der Waals surface area contributed by atoms with Gasteiger partial charge in [-0.15, -0.1) is 0 Å². The normalized spacial score (nSPS) is 18.9. The van der Waals surface area contributed by atoms with E-state index in [-0.39, 0.29) is 6.04 Å². The maximum atomic E-state index is 12.4. The predicted molar refractivity (Wildman–Crippen MR) is 78.8 cm³/mol. The summed E-state index contributed by atoms with van der Waals surface area (Å²) >= 11 is 6.26. The van der Waals surface area contributed by atoms with Crippen molar-refractivity contribution >= 4 is 17.3 Å². The summed E-state index contributed by atoms with van der Waals surface area (Å²) in [7, 11) is 0. The van der Waals surface area contributed by atoms with Crippen LogP contribution in [0.25, 0.3) is 0 Å². The number of hydrogen-bond donors (Lipinski definition) is 1. The molecule has 1 aliphatic rings. The zero-order valence-electron chi connectivity index (χ0n) is 11.8. The summed E-state index contributed by atoms with van der Waals surface area (Å²) in [5.41, 5.74) is 7.60. The minimum absolute atomic E-state index is 0.0971. The molecule has 1 unspecified atom stereocenters. The number of halogens is 4. The van der Waals surface area contributed by atoms with Crippen LogP contribution in [0.1, 0.15) is 18.5 Å². The Kier molecular flexibility index (Phi) is 5.01. The van der Waals surface area contributed by atoms with E-state index in [0.29, 0.717) is 31.2 Å². The van der Waals surface area contributed by atoms with Gasteiger partial charge in [0.1, 0.15) is 0 Å². The smallest absolute Gasteiger partial charge is 0.368 e. The van der Waals surface area contributed by atoms with E-state index in [4.69, 9.17) is 17.3 Å². The Morgan fingerprint density at radius 1 is 1.24 bits per heavy atom. The fourth-order valence-electron chi connectivity index (χ4n) is 2.46. The SMILES string of the molecule is CC(N)c1ccc(N2CCN(CC(F)(F)F)CC2)c(Cl)c1. The van der Waals surface area contributed by atoms with Crippen molar-refractivity contribution in [2.24, 2.45) is 5.73 Å². The fourth-order valence-corrected chi connectivity index (χ4v) is 2.77. The highest BCUT2D eigenvalue weighted by Crippen LogP contribution is 2.29. The molecule has 7 heteroatoms. The number of rotatable bonds is 3. The molecule has 1 fully saturated rings. The number of alkyl halides is 3. The first-order valence-corrected chi connectivity index (χ1v) is 7.23. The van der Waals surface area contributed by atoms with Crippen LogP contribution in [0.3, 0.4) is 0 Å². The lowest BCUT2D eigenvalue weighted by atomic mass is 10.1. The Hall–Kier alpha value is -0.980. The fraction of sp³-hybridized carbons (Fsp3) is 0.571. The zero-order valence-corrected chi connectivity index (χ0v) is 12.6. The monoisotopic (exact) mass is 321 g/mol. The van der Waals surface area contributed by atoms with Crippen LogP contribution >= 0.6 is 11.6 Å². The van der Waals surface area contributed by atoms with Crippen LogP contribution in [0.15, 0.2) is 18.2 Å². The number of piperazine rings is 1. The Labute approximate surface area is 127 Å². The molecule has 0 aromatic heterocycles. The molecule has 1 saturated heterocycles. The maximum Gasteiger partial charge on any atom is 0.401 e. The minimum Gasteiger partial charge on any atom is -0.368 e. The lowest BCUT2D eigenvalue weighted by molar-refractivity contribution is -0.146. The van der Waals surface area contributed by atoms with Gasteiger partial charge in [-0.2, -0.15) is 13.2 Å². The summed E-state index contributed by atoms with van der Waals surface area (Å²) in [6.45, 7) is 2.86. The first-order valence-electron chi connectivity index (χ1n) is 6.85. The number of benzene rings is 1. The van der Waals surface area contributed by atoms with Crippen molar-refractivity contribution in [1.82, 2.24) is 4.90 Å². The average molecular weight is 322 g/mol.